The second-order valence-electron chi connectivity index (χ2n) is 3.84. The van der Waals surface area contributed by atoms with Crippen molar-refractivity contribution in [2.24, 2.45) is 0 Å². The standard InChI is InChI=1S/C12H6Cl2FN3O2S/c13-7-3-10(14)12(11(15)4-7)18-21(19,20)9-2-1-8(5-16)17-6-9/h1-4,6,18H. The topological polar surface area (TPSA) is 82.8 Å². The number of nitrogens with zero attached hydrogens (tertiary/aromatic N) is 2. The minimum absolute atomic E-state index is 0.0421. The summed E-state index contributed by atoms with van der Waals surface area (Å²) in [7, 11) is -4.09. The van der Waals surface area contributed by atoms with Crippen molar-refractivity contribution in [1.29, 1.82) is 5.26 Å². The molecule has 21 heavy (non-hydrogen) atoms. The van der Waals surface area contributed by atoms with E-state index in [2.05, 4.69) is 4.98 Å². The van der Waals surface area contributed by atoms with Gasteiger partial charge >= 0.3 is 0 Å². The van der Waals surface area contributed by atoms with E-state index >= 15 is 0 Å². The predicted molar refractivity (Wildman–Crippen MR) is 76.2 cm³/mol. The summed E-state index contributed by atoms with van der Waals surface area (Å²) in [5, 5.41) is 8.47. The molecular weight excluding hydrogens is 340 g/mol. The van der Waals surface area contributed by atoms with Gasteiger partial charge < -0.3 is 0 Å². The molecule has 0 unspecified atom stereocenters. The zero-order chi connectivity index (χ0) is 15.6. The van der Waals surface area contributed by atoms with Gasteiger partial charge in [0.2, 0.25) is 0 Å². The molecule has 0 amide bonds. The van der Waals surface area contributed by atoms with Gasteiger partial charge in [-0.1, -0.05) is 23.2 Å². The smallest absolute Gasteiger partial charge is 0.263 e. The third kappa shape index (κ3) is 3.42. The monoisotopic (exact) mass is 345 g/mol. The molecule has 0 fully saturated rings. The van der Waals surface area contributed by atoms with Crippen LogP contribution in [0.4, 0.5) is 10.1 Å². The van der Waals surface area contributed by atoms with Gasteiger partial charge in [0.1, 0.15) is 28.2 Å². The number of anilines is 1. The number of benzene rings is 1. The molecule has 1 aromatic heterocycles. The number of nitrogens with one attached hydrogen (secondary N) is 1. The molecule has 0 aliphatic carbocycles. The first kappa shape index (κ1) is 15.5. The SMILES string of the molecule is N#Cc1ccc(S(=O)(=O)Nc2c(F)cc(Cl)cc2Cl)cn1. The van der Waals surface area contributed by atoms with E-state index in [1.807, 2.05) is 4.72 Å². The van der Waals surface area contributed by atoms with E-state index in [0.29, 0.717) is 0 Å². The summed E-state index contributed by atoms with van der Waals surface area (Å²) in [6.45, 7) is 0. The van der Waals surface area contributed by atoms with Crippen molar-refractivity contribution in [2.45, 2.75) is 4.90 Å². The van der Waals surface area contributed by atoms with Crippen LogP contribution < -0.4 is 4.72 Å². The molecule has 0 aliphatic rings. The van der Waals surface area contributed by atoms with Crippen LogP contribution in [0.3, 0.4) is 0 Å². The number of hydrogen-bond acceptors (Lipinski definition) is 4. The molecule has 0 saturated heterocycles. The molecule has 0 atom stereocenters. The lowest BCUT2D eigenvalue weighted by Gasteiger charge is -2.10. The maximum atomic E-state index is 13.7. The van der Waals surface area contributed by atoms with E-state index in [0.717, 1.165) is 12.3 Å². The number of sulfonamides is 1. The molecule has 5 nitrogen and oxygen atoms in total. The lowest BCUT2D eigenvalue weighted by molar-refractivity contribution is 0.598. The zero-order valence-corrected chi connectivity index (χ0v) is 12.5. The fraction of sp³-hybridized carbons (Fsp3) is 0. The number of aromatic nitrogens is 1. The van der Waals surface area contributed by atoms with Gasteiger partial charge in [0.25, 0.3) is 10.0 Å². The number of pyridine rings is 1. The Bertz CT molecular complexity index is 810. The zero-order valence-electron chi connectivity index (χ0n) is 10.1. The summed E-state index contributed by atoms with van der Waals surface area (Å²) < 4.78 is 39.9. The van der Waals surface area contributed by atoms with Crippen molar-refractivity contribution in [3.63, 3.8) is 0 Å². The highest BCUT2D eigenvalue weighted by Gasteiger charge is 2.19. The number of halogens is 3. The molecule has 2 aromatic rings. The Morgan fingerprint density at radius 3 is 2.52 bits per heavy atom. The Morgan fingerprint density at radius 2 is 2.00 bits per heavy atom. The molecule has 0 bridgehead atoms. The lowest BCUT2D eigenvalue weighted by atomic mass is 10.3. The van der Waals surface area contributed by atoms with Crippen LogP contribution in [0.2, 0.25) is 10.0 Å². The van der Waals surface area contributed by atoms with E-state index in [1.165, 1.54) is 18.2 Å². The maximum absolute atomic E-state index is 13.7. The van der Waals surface area contributed by atoms with Crippen molar-refractivity contribution in [2.75, 3.05) is 4.72 Å². The van der Waals surface area contributed by atoms with Crippen LogP contribution in [0.5, 0.6) is 0 Å². The normalized spacial score (nSPS) is 11.0. The van der Waals surface area contributed by atoms with Crippen LogP contribution in [-0.4, -0.2) is 13.4 Å². The summed E-state index contributed by atoms with van der Waals surface area (Å²) in [4.78, 5) is 3.41. The molecule has 0 aliphatic heterocycles. The molecule has 0 spiro atoms. The highest BCUT2D eigenvalue weighted by Crippen LogP contribution is 2.30. The van der Waals surface area contributed by atoms with Gasteiger partial charge in [0.15, 0.2) is 0 Å². The minimum Gasteiger partial charge on any atom is -0.275 e. The summed E-state index contributed by atoms with van der Waals surface area (Å²) in [6, 6.07) is 6.31. The fourth-order valence-electron chi connectivity index (χ4n) is 1.44. The van der Waals surface area contributed by atoms with Crippen LogP contribution in [0.25, 0.3) is 0 Å². The third-order valence-corrected chi connectivity index (χ3v) is 4.26. The van der Waals surface area contributed by atoms with Gasteiger partial charge in [-0.25, -0.2) is 17.8 Å². The molecule has 0 saturated carbocycles. The maximum Gasteiger partial charge on any atom is 0.263 e. The van der Waals surface area contributed by atoms with Gasteiger partial charge in [0.05, 0.1) is 5.02 Å². The highest BCUT2D eigenvalue weighted by molar-refractivity contribution is 7.92. The molecular formula is C12H6Cl2FN3O2S. The van der Waals surface area contributed by atoms with Crippen molar-refractivity contribution >= 4 is 38.9 Å². The Labute approximate surface area is 130 Å². The Morgan fingerprint density at radius 1 is 1.29 bits per heavy atom. The van der Waals surface area contributed by atoms with E-state index in [9.17, 15) is 12.8 Å². The molecule has 1 heterocycles. The van der Waals surface area contributed by atoms with Gasteiger partial charge in [-0.15, -0.1) is 0 Å². The summed E-state index contributed by atoms with van der Waals surface area (Å²) in [6.07, 6.45) is 0.989. The Kier molecular flexibility index (Phi) is 4.32. The van der Waals surface area contributed by atoms with Crippen molar-refractivity contribution in [1.82, 2.24) is 4.98 Å². The van der Waals surface area contributed by atoms with Gasteiger partial charge in [-0.3, -0.25) is 4.72 Å². The Balaban J connectivity index is 2.40. The van der Waals surface area contributed by atoms with Crippen molar-refractivity contribution in [3.8, 4) is 6.07 Å². The highest BCUT2D eigenvalue weighted by atomic mass is 35.5. The average Bonchev–Trinajstić information content (AvgIpc) is 2.43. The summed E-state index contributed by atoms with van der Waals surface area (Å²) in [5.41, 5.74) is -0.352. The molecule has 1 N–H and O–H groups in total. The molecule has 1 aromatic carbocycles. The molecule has 108 valence electrons. The van der Waals surface area contributed by atoms with E-state index in [1.54, 1.807) is 6.07 Å². The van der Waals surface area contributed by atoms with E-state index in [-0.39, 0.29) is 20.6 Å². The Hall–Kier alpha value is -1.88. The first-order valence-corrected chi connectivity index (χ1v) is 7.61. The van der Waals surface area contributed by atoms with Crippen LogP contribution in [-0.2, 0) is 10.0 Å². The number of hydrogen-bond donors (Lipinski definition) is 1. The quantitative estimate of drug-likeness (QED) is 0.925. The van der Waals surface area contributed by atoms with Gasteiger partial charge in [-0.2, -0.15) is 5.26 Å². The number of nitriles is 1. The fourth-order valence-corrected chi connectivity index (χ4v) is 3.04. The van der Waals surface area contributed by atoms with Gasteiger partial charge in [-0.05, 0) is 24.3 Å². The minimum atomic E-state index is -4.09. The predicted octanol–water partition coefficient (Wildman–Crippen LogP) is 3.20. The largest absolute Gasteiger partial charge is 0.275 e. The van der Waals surface area contributed by atoms with Crippen molar-refractivity contribution < 1.29 is 12.8 Å². The van der Waals surface area contributed by atoms with Crippen LogP contribution in [0.15, 0.2) is 35.4 Å². The van der Waals surface area contributed by atoms with Crippen molar-refractivity contribution in [3.05, 3.63) is 52.0 Å². The van der Waals surface area contributed by atoms with Crippen LogP contribution >= 0.6 is 23.2 Å². The van der Waals surface area contributed by atoms with Crippen LogP contribution in [0.1, 0.15) is 5.69 Å². The lowest BCUT2D eigenvalue weighted by Crippen LogP contribution is -2.14. The van der Waals surface area contributed by atoms with Gasteiger partial charge in [0, 0.05) is 11.2 Å². The second-order valence-corrected chi connectivity index (χ2v) is 6.37. The third-order valence-electron chi connectivity index (χ3n) is 2.40. The summed E-state index contributed by atoms with van der Waals surface area (Å²) >= 11 is 11.4. The molecule has 0 radical (unpaired) electrons. The molecule has 2 rings (SSSR count). The molecule has 9 heteroatoms. The number of rotatable bonds is 3. The van der Waals surface area contributed by atoms with Crippen LogP contribution in [0, 0.1) is 17.1 Å². The average molecular weight is 346 g/mol. The first-order chi connectivity index (χ1) is 9.83. The first-order valence-electron chi connectivity index (χ1n) is 5.37. The van der Waals surface area contributed by atoms with E-state index < -0.39 is 21.5 Å². The van der Waals surface area contributed by atoms with E-state index in [4.69, 9.17) is 28.5 Å². The summed E-state index contributed by atoms with van der Waals surface area (Å²) in [5.74, 6) is -0.905. The second kappa shape index (κ2) is 5.85.